The molecule has 34 heavy (non-hydrogen) atoms. The fraction of sp³-hybridized carbons (Fsp3) is 0.219. The number of aryl methyl sites for hydroxylation is 1. The maximum Gasteiger partial charge on any atom is 0.199 e. The molecule has 2 nitrogen and oxygen atoms in total. The molecule has 2 heteroatoms. The van der Waals surface area contributed by atoms with Gasteiger partial charge in [-0.25, -0.2) is 4.58 Å². The Morgan fingerprint density at radius 3 is 2.26 bits per heavy atom. The number of allylic oxidation sites excluding steroid dienone is 10. The van der Waals surface area contributed by atoms with Crippen LogP contribution in [0.2, 0.25) is 0 Å². The molecule has 2 aromatic carbocycles. The standard InChI is InChI=1S/C32H32NO/c1-4-23-13-17-26(18-14-23)31-22-30(25-9-6-5-7-10-25)29-12-8-11-27(32(29)34-31)21-24-15-19-28(20-16-24)33(2)3/h5-7,9-10,13-22H,4,8,11-12H2,1-3H3/q+1. The van der Waals surface area contributed by atoms with E-state index < -0.39 is 0 Å². The number of nitrogens with zero attached hydrogens (tertiary/aromatic N) is 1. The Kier molecular flexibility index (Phi) is 6.31. The van der Waals surface area contributed by atoms with Gasteiger partial charge >= 0.3 is 0 Å². The Morgan fingerprint density at radius 1 is 0.853 bits per heavy atom. The Bertz CT molecular complexity index is 1290. The first-order valence-electron chi connectivity index (χ1n) is 12.3. The summed E-state index contributed by atoms with van der Waals surface area (Å²) in [4.78, 5) is 0. The molecule has 0 bridgehead atoms. The zero-order chi connectivity index (χ0) is 23.5. The molecule has 170 valence electrons. The highest BCUT2D eigenvalue weighted by Gasteiger charge is 2.27. The average Bonchev–Trinajstić information content (AvgIpc) is 2.89. The van der Waals surface area contributed by atoms with E-state index in [9.17, 15) is 0 Å². The molecule has 0 saturated carbocycles. The van der Waals surface area contributed by atoms with Crippen LogP contribution in [0.3, 0.4) is 0 Å². The minimum Gasteiger partial charge on any atom is -0.456 e. The summed E-state index contributed by atoms with van der Waals surface area (Å²) in [6, 6.07) is 19.5. The molecule has 0 aromatic heterocycles. The maximum absolute atomic E-state index is 6.69. The lowest BCUT2D eigenvalue weighted by molar-refractivity contribution is -0.462. The smallest absolute Gasteiger partial charge is 0.199 e. The SMILES string of the molecule is CCc1ccc(C2=CC(c3ccccc3)=C3CCCC(C=C4C=CC(=[N+](C)C)C=C4)=C3O2)cc1. The average molecular weight is 447 g/mol. The molecule has 0 spiro atoms. The summed E-state index contributed by atoms with van der Waals surface area (Å²) in [6.07, 6.45) is 17.5. The van der Waals surface area contributed by atoms with E-state index in [1.54, 1.807) is 0 Å². The zero-order valence-electron chi connectivity index (χ0n) is 20.3. The van der Waals surface area contributed by atoms with Crippen LogP contribution in [0.1, 0.15) is 42.9 Å². The lowest BCUT2D eigenvalue weighted by Gasteiger charge is -2.29. The molecule has 0 saturated heterocycles. The van der Waals surface area contributed by atoms with Crippen LogP contribution >= 0.6 is 0 Å². The summed E-state index contributed by atoms with van der Waals surface area (Å²) in [5.74, 6) is 1.97. The van der Waals surface area contributed by atoms with Crippen LogP contribution in [0.25, 0.3) is 11.3 Å². The molecule has 0 unspecified atom stereocenters. The molecule has 2 aromatic rings. The third kappa shape index (κ3) is 4.54. The van der Waals surface area contributed by atoms with E-state index in [1.807, 2.05) is 0 Å². The second kappa shape index (κ2) is 9.69. The molecule has 1 aliphatic heterocycles. The molecule has 0 radical (unpaired) electrons. The molecule has 0 fully saturated rings. The molecule has 5 rings (SSSR count). The molecule has 0 amide bonds. The third-order valence-electron chi connectivity index (χ3n) is 6.73. The highest BCUT2D eigenvalue weighted by Crippen LogP contribution is 2.44. The van der Waals surface area contributed by atoms with E-state index in [0.29, 0.717) is 0 Å². The Balaban J connectivity index is 1.62. The second-order valence-corrected chi connectivity index (χ2v) is 9.26. The number of benzene rings is 2. The summed E-state index contributed by atoms with van der Waals surface area (Å²) in [5, 5.41) is 0. The molecule has 0 N–H and O–H groups in total. The highest BCUT2D eigenvalue weighted by atomic mass is 16.5. The van der Waals surface area contributed by atoms with E-state index >= 15 is 0 Å². The van der Waals surface area contributed by atoms with Crippen molar-refractivity contribution in [3.8, 4) is 0 Å². The quantitative estimate of drug-likeness (QED) is 0.450. The van der Waals surface area contributed by atoms with Gasteiger partial charge in [0.05, 0.1) is 0 Å². The van der Waals surface area contributed by atoms with Crippen molar-refractivity contribution in [2.45, 2.75) is 32.6 Å². The first-order chi connectivity index (χ1) is 16.6. The van der Waals surface area contributed by atoms with Crippen LogP contribution in [0.15, 0.2) is 114 Å². The normalized spacial score (nSPS) is 17.4. The Morgan fingerprint density at radius 2 is 1.59 bits per heavy atom. The van der Waals surface area contributed by atoms with Crippen LogP contribution in [0, 0.1) is 0 Å². The van der Waals surface area contributed by atoms with Crippen molar-refractivity contribution in [3.05, 3.63) is 130 Å². The van der Waals surface area contributed by atoms with Gasteiger partial charge in [-0.15, -0.1) is 0 Å². The van der Waals surface area contributed by atoms with Crippen LogP contribution < -0.4 is 0 Å². The minimum atomic E-state index is 0.927. The molecule has 1 heterocycles. The van der Waals surface area contributed by atoms with Crippen LogP contribution in [0.4, 0.5) is 0 Å². The summed E-state index contributed by atoms with van der Waals surface area (Å²) >= 11 is 0. The van der Waals surface area contributed by atoms with Crippen molar-refractivity contribution < 1.29 is 9.31 Å². The fourth-order valence-corrected chi connectivity index (χ4v) is 4.75. The lowest BCUT2D eigenvalue weighted by Crippen LogP contribution is -2.12. The number of ether oxygens (including phenoxy) is 1. The largest absolute Gasteiger partial charge is 0.456 e. The van der Waals surface area contributed by atoms with Crippen molar-refractivity contribution in [2.24, 2.45) is 0 Å². The molecule has 2 aliphatic carbocycles. The van der Waals surface area contributed by atoms with E-state index in [4.69, 9.17) is 4.74 Å². The second-order valence-electron chi connectivity index (χ2n) is 9.26. The van der Waals surface area contributed by atoms with Gasteiger partial charge in [-0.2, -0.15) is 0 Å². The molecule has 0 atom stereocenters. The minimum absolute atomic E-state index is 0.927. The van der Waals surface area contributed by atoms with Gasteiger partial charge in [0, 0.05) is 23.3 Å². The number of fused-ring (bicyclic) bond motifs is 1. The van der Waals surface area contributed by atoms with Crippen molar-refractivity contribution in [1.29, 1.82) is 0 Å². The number of hydrogen-bond donors (Lipinski definition) is 0. The summed E-state index contributed by atoms with van der Waals surface area (Å²) in [6.45, 7) is 2.19. The van der Waals surface area contributed by atoms with Crippen LogP contribution in [-0.2, 0) is 11.2 Å². The Labute approximate surface area is 203 Å². The predicted octanol–water partition coefficient (Wildman–Crippen LogP) is 7.28. The van der Waals surface area contributed by atoms with Crippen LogP contribution in [-0.4, -0.2) is 24.4 Å². The van der Waals surface area contributed by atoms with Crippen LogP contribution in [0.5, 0.6) is 0 Å². The van der Waals surface area contributed by atoms with Crippen molar-refractivity contribution in [2.75, 3.05) is 14.1 Å². The maximum atomic E-state index is 6.69. The molecular weight excluding hydrogens is 414 g/mol. The number of hydrogen-bond acceptors (Lipinski definition) is 1. The molecular formula is C32H32NO+. The van der Waals surface area contributed by atoms with Crippen molar-refractivity contribution in [1.82, 2.24) is 0 Å². The zero-order valence-corrected chi connectivity index (χ0v) is 20.3. The van der Waals surface area contributed by atoms with Gasteiger partial charge in [0.15, 0.2) is 5.71 Å². The third-order valence-corrected chi connectivity index (χ3v) is 6.73. The first kappa shape index (κ1) is 22.2. The fourth-order valence-electron chi connectivity index (χ4n) is 4.75. The Hall–Kier alpha value is -3.65. The van der Waals surface area contributed by atoms with Gasteiger partial charge in [0.1, 0.15) is 25.6 Å². The van der Waals surface area contributed by atoms with Gasteiger partial charge < -0.3 is 4.74 Å². The number of rotatable bonds is 4. The van der Waals surface area contributed by atoms with E-state index in [2.05, 4.69) is 117 Å². The van der Waals surface area contributed by atoms with Gasteiger partial charge in [0.25, 0.3) is 0 Å². The summed E-state index contributed by atoms with van der Waals surface area (Å²) < 4.78 is 8.82. The molecule has 3 aliphatic rings. The van der Waals surface area contributed by atoms with E-state index in [-0.39, 0.29) is 0 Å². The highest BCUT2D eigenvalue weighted by molar-refractivity contribution is 6.02. The van der Waals surface area contributed by atoms with E-state index in [0.717, 1.165) is 42.8 Å². The predicted molar refractivity (Wildman–Crippen MR) is 143 cm³/mol. The van der Waals surface area contributed by atoms with Gasteiger partial charge in [-0.05, 0) is 77.8 Å². The lowest BCUT2D eigenvalue weighted by atomic mass is 9.84. The monoisotopic (exact) mass is 446 g/mol. The van der Waals surface area contributed by atoms with Crippen molar-refractivity contribution >= 4 is 17.0 Å². The van der Waals surface area contributed by atoms with Gasteiger partial charge in [-0.3, -0.25) is 0 Å². The van der Waals surface area contributed by atoms with E-state index in [1.165, 1.54) is 39.1 Å². The summed E-state index contributed by atoms with van der Waals surface area (Å²) in [5.41, 5.74) is 10.0. The topological polar surface area (TPSA) is 12.2 Å². The first-order valence-corrected chi connectivity index (χ1v) is 12.3. The van der Waals surface area contributed by atoms with Gasteiger partial charge in [-0.1, -0.05) is 61.5 Å². The van der Waals surface area contributed by atoms with Gasteiger partial charge in [0.2, 0.25) is 0 Å². The summed E-state index contributed by atoms with van der Waals surface area (Å²) in [7, 11) is 4.15. The van der Waals surface area contributed by atoms with Crippen molar-refractivity contribution in [3.63, 3.8) is 0 Å².